The molecule has 9 heteroatoms. The van der Waals surface area contributed by atoms with E-state index in [9.17, 15) is 9.59 Å². The molecule has 0 radical (unpaired) electrons. The molecule has 2 amide bonds. The van der Waals surface area contributed by atoms with Crippen LogP contribution in [-0.2, 0) is 0 Å². The van der Waals surface area contributed by atoms with E-state index >= 15 is 0 Å². The number of likely N-dealkylation sites (tertiary alicyclic amines) is 1. The Labute approximate surface area is 214 Å². The Morgan fingerprint density at radius 2 is 1.78 bits per heavy atom. The molecule has 0 bridgehead atoms. The van der Waals surface area contributed by atoms with Gasteiger partial charge in [0.15, 0.2) is 11.5 Å². The van der Waals surface area contributed by atoms with Crippen molar-refractivity contribution < 1.29 is 23.8 Å². The number of nitrogens with zero attached hydrogens (tertiary/aromatic N) is 2. The molecule has 8 nitrogen and oxygen atoms in total. The van der Waals surface area contributed by atoms with E-state index in [0.717, 1.165) is 23.6 Å². The first kappa shape index (κ1) is 24.1. The Morgan fingerprint density at radius 1 is 1.06 bits per heavy atom. The molecule has 1 saturated heterocycles. The lowest BCUT2D eigenvalue weighted by Crippen LogP contribution is -2.37. The number of piperidine rings is 1. The Hall–Kier alpha value is -3.59. The van der Waals surface area contributed by atoms with Gasteiger partial charge in [-0.2, -0.15) is 0 Å². The molecule has 1 aromatic heterocycles. The summed E-state index contributed by atoms with van der Waals surface area (Å²) in [5, 5.41) is 5.61. The van der Waals surface area contributed by atoms with Crippen molar-refractivity contribution in [3.63, 3.8) is 0 Å². The molecule has 0 aliphatic carbocycles. The highest BCUT2D eigenvalue weighted by Crippen LogP contribution is 2.34. The van der Waals surface area contributed by atoms with Gasteiger partial charge in [0, 0.05) is 41.7 Å². The molecule has 2 aliphatic heterocycles. The average molecular weight is 508 g/mol. The van der Waals surface area contributed by atoms with Crippen molar-refractivity contribution in [2.24, 2.45) is 0 Å². The maximum atomic E-state index is 12.9. The highest BCUT2D eigenvalue weighted by molar-refractivity contribution is 7.10. The molecule has 1 fully saturated rings. The van der Waals surface area contributed by atoms with Gasteiger partial charge in [0.05, 0.1) is 11.1 Å². The van der Waals surface area contributed by atoms with Gasteiger partial charge in [0.1, 0.15) is 24.7 Å². The molecule has 5 rings (SSSR count). The first-order chi connectivity index (χ1) is 17.5. The molecule has 0 atom stereocenters. The van der Waals surface area contributed by atoms with Gasteiger partial charge >= 0.3 is 0 Å². The quantitative estimate of drug-likeness (QED) is 0.507. The largest absolute Gasteiger partial charge is 0.491 e. The number of rotatable bonds is 6. The molecule has 3 aromatic rings. The first-order valence-electron chi connectivity index (χ1n) is 12.2. The van der Waals surface area contributed by atoms with E-state index in [4.69, 9.17) is 14.2 Å². The Kier molecular flexibility index (Phi) is 7.09. The minimum Gasteiger partial charge on any atom is -0.491 e. The molecule has 0 saturated carbocycles. The number of thiazole rings is 1. The Morgan fingerprint density at radius 3 is 2.50 bits per heavy atom. The third kappa shape index (κ3) is 5.46. The van der Waals surface area contributed by atoms with Crippen LogP contribution < -0.4 is 19.5 Å². The number of carbonyl (C=O) groups excluding carboxylic acids is 2. The van der Waals surface area contributed by atoms with Gasteiger partial charge in [-0.05, 0) is 63.1 Å². The van der Waals surface area contributed by atoms with E-state index < -0.39 is 0 Å². The molecule has 36 heavy (non-hydrogen) atoms. The number of amides is 2. The molecular weight excluding hydrogens is 478 g/mol. The van der Waals surface area contributed by atoms with Crippen LogP contribution in [0.5, 0.6) is 17.2 Å². The van der Waals surface area contributed by atoms with Crippen molar-refractivity contribution in [1.29, 1.82) is 0 Å². The van der Waals surface area contributed by atoms with E-state index in [1.54, 1.807) is 23.6 Å². The summed E-state index contributed by atoms with van der Waals surface area (Å²) in [4.78, 5) is 32.2. The fourth-order valence-electron chi connectivity index (χ4n) is 4.36. The number of carbonyl (C=O) groups is 2. The lowest BCUT2D eigenvalue weighted by atomic mass is 9.97. The third-order valence-corrected chi connectivity index (χ3v) is 7.17. The van der Waals surface area contributed by atoms with Gasteiger partial charge < -0.3 is 24.4 Å². The number of aromatic nitrogens is 1. The number of ether oxygens (including phenoxy) is 3. The fraction of sp³-hybridized carbons (Fsp3) is 0.370. The summed E-state index contributed by atoms with van der Waals surface area (Å²) < 4.78 is 16.8. The van der Waals surface area contributed by atoms with E-state index in [0.29, 0.717) is 54.7 Å². The van der Waals surface area contributed by atoms with Crippen LogP contribution in [0, 0.1) is 0 Å². The molecule has 188 valence electrons. The second-order valence-electron chi connectivity index (χ2n) is 9.14. The molecule has 0 unspecified atom stereocenters. The van der Waals surface area contributed by atoms with Gasteiger partial charge in [-0.3, -0.25) is 9.59 Å². The highest BCUT2D eigenvalue weighted by atomic mass is 32.1. The number of hydrogen-bond acceptors (Lipinski definition) is 7. The van der Waals surface area contributed by atoms with Crippen LogP contribution in [0.3, 0.4) is 0 Å². The summed E-state index contributed by atoms with van der Waals surface area (Å²) in [5.74, 6) is 2.07. The summed E-state index contributed by atoms with van der Waals surface area (Å²) in [5.41, 5.74) is 1.69. The van der Waals surface area contributed by atoms with Crippen molar-refractivity contribution in [2.45, 2.75) is 38.7 Å². The lowest BCUT2D eigenvalue weighted by molar-refractivity contribution is 0.0713. The molecular formula is C27H29N3O5S. The third-order valence-electron chi connectivity index (χ3n) is 6.16. The number of fused-ring (bicyclic) bond motifs is 1. The van der Waals surface area contributed by atoms with E-state index in [-0.39, 0.29) is 23.8 Å². The minimum absolute atomic E-state index is 0.0307. The molecule has 2 aliphatic rings. The molecule has 2 aromatic carbocycles. The summed E-state index contributed by atoms with van der Waals surface area (Å²) in [6.45, 7) is 6.28. The zero-order valence-corrected chi connectivity index (χ0v) is 21.2. The maximum absolute atomic E-state index is 12.9. The van der Waals surface area contributed by atoms with Crippen LogP contribution >= 0.6 is 11.3 Å². The van der Waals surface area contributed by atoms with E-state index in [2.05, 4.69) is 10.3 Å². The Bertz CT molecular complexity index is 1230. The number of benzene rings is 2. The highest BCUT2D eigenvalue weighted by Gasteiger charge is 2.27. The smallest absolute Gasteiger partial charge is 0.275 e. The normalized spacial score (nSPS) is 15.6. The molecule has 3 heterocycles. The van der Waals surface area contributed by atoms with Crippen molar-refractivity contribution in [3.05, 3.63) is 64.1 Å². The number of anilines is 1. The Balaban J connectivity index is 1.15. The van der Waals surface area contributed by atoms with Crippen molar-refractivity contribution >= 4 is 28.8 Å². The van der Waals surface area contributed by atoms with Gasteiger partial charge in [-0.25, -0.2) is 4.98 Å². The van der Waals surface area contributed by atoms with Crippen LogP contribution in [0.1, 0.15) is 58.5 Å². The molecule has 0 spiro atoms. The standard InChI is InChI=1S/C27H29N3O5S/c1-17(2)35-21-6-3-19(4-7-21)27(32)30-11-9-18(10-12-30)26-29-22(16-36-26)25(31)28-20-5-8-23-24(15-20)34-14-13-33-23/h3-8,15-18H,9-14H2,1-2H3,(H,28,31). The summed E-state index contributed by atoms with van der Waals surface area (Å²) in [7, 11) is 0. The van der Waals surface area contributed by atoms with Crippen molar-refractivity contribution in [1.82, 2.24) is 9.88 Å². The van der Waals surface area contributed by atoms with Crippen LogP contribution in [0.15, 0.2) is 47.8 Å². The van der Waals surface area contributed by atoms with Crippen LogP contribution in [0.25, 0.3) is 0 Å². The minimum atomic E-state index is -0.258. The molecule has 1 N–H and O–H groups in total. The number of hydrogen-bond donors (Lipinski definition) is 1. The fourth-order valence-corrected chi connectivity index (χ4v) is 5.33. The van der Waals surface area contributed by atoms with Crippen LogP contribution in [0.4, 0.5) is 5.69 Å². The van der Waals surface area contributed by atoms with Crippen LogP contribution in [-0.4, -0.2) is 54.1 Å². The second kappa shape index (κ2) is 10.6. The predicted octanol–water partition coefficient (Wildman–Crippen LogP) is 4.97. The summed E-state index contributed by atoms with van der Waals surface area (Å²) >= 11 is 1.50. The van der Waals surface area contributed by atoms with Gasteiger partial charge in [-0.15, -0.1) is 11.3 Å². The van der Waals surface area contributed by atoms with Crippen molar-refractivity contribution in [2.75, 3.05) is 31.6 Å². The second-order valence-corrected chi connectivity index (χ2v) is 10.0. The monoisotopic (exact) mass is 507 g/mol. The van der Waals surface area contributed by atoms with E-state index in [1.807, 2.05) is 43.0 Å². The van der Waals surface area contributed by atoms with Crippen molar-refractivity contribution in [3.8, 4) is 17.2 Å². The zero-order valence-electron chi connectivity index (χ0n) is 20.4. The van der Waals surface area contributed by atoms with Crippen LogP contribution in [0.2, 0.25) is 0 Å². The van der Waals surface area contributed by atoms with Gasteiger partial charge in [0.2, 0.25) is 0 Å². The number of nitrogens with one attached hydrogen (secondary N) is 1. The predicted molar refractivity (Wildman–Crippen MR) is 138 cm³/mol. The zero-order chi connectivity index (χ0) is 25.1. The summed E-state index contributed by atoms with van der Waals surface area (Å²) in [6, 6.07) is 12.7. The first-order valence-corrected chi connectivity index (χ1v) is 13.1. The topological polar surface area (TPSA) is 90.0 Å². The average Bonchev–Trinajstić information content (AvgIpc) is 3.39. The van der Waals surface area contributed by atoms with E-state index in [1.165, 1.54) is 11.3 Å². The summed E-state index contributed by atoms with van der Waals surface area (Å²) in [6.07, 6.45) is 1.73. The maximum Gasteiger partial charge on any atom is 0.275 e. The lowest BCUT2D eigenvalue weighted by Gasteiger charge is -2.31. The van der Waals surface area contributed by atoms with Gasteiger partial charge in [-0.1, -0.05) is 0 Å². The van der Waals surface area contributed by atoms with Gasteiger partial charge in [0.25, 0.3) is 11.8 Å². The SMILES string of the molecule is CC(C)Oc1ccc(C(=O)N2CCC(c3nc(C(=O)Nc4ccc5c(c4)OCCO5)cs3)CC2)cc1.